The van der Waals surface area contributed by atoms with Crippen LogP contribution in [0.2, 0.25) is 5.02 Å². The van der Waals surface area contributed by atoms with E-state index >= 15 is 0 Å². The van der Waals surface area contributed by atoms with Crippen LogP contribution in [0.3, 0.4) is 0 Å². The zero-order valence-electron chi connectivity index (χ0n) is 18.6. The van der Waals surface area contributed by atoms with Crippen molar-refractivity contribution < 1.29 is 14.3 Å². The molecule has 2 heterocycles. The SMILES string of the molecule is Cc1ccc(OCc2nc(CC(=O)NCC(c3ccc(Cl)cc3)N3CCOCC3)cs2)cc1. The number of morpholine rings is 1. The van der Waals surface area contributed by atoms with Gasteiger partial charge in [-0.15, -0.1) is 11.3 Å². The third kappa shape index (κ3) is 7.01. The molecule has 1 amide bonds. The van der Waals surface area contributed by atoms with Crippen LogP contribution in [-0.2, 0) is 22.6 Å². The summed E-state index contributed by atoms with van der Waals surface area (Å²) in [6.45, 7) is 6.02. The fourth-order valence-corrected chi connectivity index (χ4v) is 4.58. The van der Waals surface area contributed by atoms with Gasteiger partial charge in [-0.1, -0.05) is 41.4 Å². The van der Waals surface area contributed by atoms with Crippen molar-refractivity contribution >= 4 is 28.8 Å². The van der Waals surface area contributed by atoms with Crippen molar-refractivity contribution in [3.8, 4) is 5.75 Å². The molecule has 1 aromatic heterocycles. The number of carbonyl (C=O) groups is 1. The minimum atomic E-state index is -0.0430. The molecule has 3 aromatic rings. The largest absolute Gasteiger partial charge is 0.486 e. The molecule has 0 aliphatic carbocycles. The van der Waals surface area contributed by atoms with E-state index in [9.17, 15) is 4.79 Å². The zero-order chi connectivity index (χ0) is 23.0. The van der Waals surface area contributed by atoms with Crippen molar-refractivity contribution in [3.05, 3.63) is 80.8 Å². The molecule has 174 valence electrons. The van der Waals surface area contributed by atoms with Crippen molar-refractivity contribution in [2.24, 2.45) is 0 Å². The van der Waals surface area contributed by atoms with Gasteiger partial charge in [-0.05, 0) is 36.8 Å². The number of thiazole rings is 1. The third-order valence-electron chi connectivity index (χ3n) is 5.56. The van der Waals surface area contributed by atoms with Crippen LogP contribution in [-0.4, -0.2) is 48.6 Å². The number of hydrogen-bond acceptors (Lipinski definition) is 6. The fraction of sp³-hybridized carbons (Fsp3) is 0.360. The van der Waals surface area contributed by atoms with Gasteiger partial charge in [0.15, 0.2) is 0 Å². The average molecular weight is 486 g/mol. The van der Waals surface area contributed by atoms with E-state index in [4.69, 9.17) is 21.1 Å². The smallest absolute Gasteiger partial charge is 0.226 e. The van der Waals surface area contributed by atoms with Gasteiger partial charge in [0.1, 0.15) is 17.4 Å². The standard InChI is InChI=1S/C25H28ClN3O3S/c1-18-2-8-22(9-3-18)32-16-25-28-21(17-33-25)14-24(30)27-15-23(29-10-12-31-13-11-29)19-4-6-20(26)7-5-19/h2-9,17,23H,10-16H2,1H3,(H,27,30). The molecule has 1 unspecified atom stereocenters. The number of carbonyl (C=O) groups excluding carboxylic acids is 1. The first-order valence-electron chi connectivity index (χ1n) is 11.0. The quantitative estimate of drug-likeness (QED) is 0.486. The van der Waals surface area contributed by atoms with Crippen LogP contribution in [0.5, 0.6) is 5.75 Å². The van der Waals surface area contributed by atoms with Gasteiger partial charge in [0.05, 0.1) is 31.4 Å². The van der Waals surface area contributed by atoms with Crippen molar-refractivity contribution in [2.75, 3.05) is 32.8 Å². The number of nitrogens with one attached hydrogen (secondary N) is 1. The summed E-state index contributed by atoms with van der Waals surface area (Å²) in [5, 5.41) is 6.57. The van der Waals surface area contributed by atoms with Crippen molar-refractivity contribution in [1.29, 1.82) is 0 Å². The monoisotopic (exact) mass is 485 g/mol. The molecular formula is C25H28ClN3O3S. The van der Waals surface area contributed by atoms with E-state index in [2.05, 4.69) is 15.2 Å². The summed E-state index contributed by atoms with van der Waals surface area (Å²) in [5.41, 5.74) is 3.08. The average Bonchev–Trinajstić information content (AvgIpc) is 3.28. The van der Waals surface area contributed by atoms with Gasteiger partial charge in [0.2, 0.25) is 5.91 Å². The second-order valence-electron chi connectivity index (χ2n) is 8.03. The fourth-order valence-electron chi connectivity index (χ4n) is 3.75. The van der Waals surface area contributed by atoms with Gasteiger partial charge in [-0.25, -0.2) is 4.98 Å². The Labute approximate surface area is 203 Å². The van der Waals surface area contributed by atoms with Gasteiger partial charge in [-0.3, -0.25) is 9.69 Å². The van der Waals surface area contributed by atoms with Crippen molar-refractivity contribution in [2.45, 2.75) is 26.0 Å². The highest BCUT2D eigenvalue weighted by atomic mass is 35.5. The van der Waals surface area contributed by atoms with Crippen LogP contribution < -0.4 is 10.1 Å². The van der Waals surface area contributed by atoms with E-state index < -0.39 is 0 Å². The molecule has 6 nitrogen and oxygen atoms in total. The van der Waals surface area contributed by atoms with E-state index in [-0.39, 0.29) is 18.4 Å². The highest BCUT2D eigenvalue weighted by Crippen LogP contribution is 2.23. The molecule has 2 aromatic carbocycles. The summed E-state index contributed by atoms with van der Waals surface area (Å²) < 4.78 is 11.3. The van der Waals surface area contributed by atoms with E-state index in [0.717, 1.165) is 35.1 Å². The number of halogens is 1. The molecule has 1 aliphatic rings. The second-order valence-corrected chi connectivity index (χ2v) is 9.41. The van der Waals surface area contributed by atoms with Gasteiger partial charge in [0.25, 0.3) is 0 Å². The predicted molar refractivity (Wildman–Crippen MR) is 131 cm³/mol. The number of amides is 1. The Morgan fingerprint density at radius 2 is 1.91 bits per heavy atom. The maximum atomic E-state index is 12.7. The molecule has 4 rings (SSSR count). The topological polar surface area (TPSA) is 63.7 Å². The Morgan fingerprint density at radius 1 is 1.18 bits per heavy atom. The summed E-state index contributed by atoms with van der Waals surface area (Å²) in [5.74, 6) is 0.768. The first kappa shape index (κ1) is 23.7. The van der Waals surface area contributed by atoms with E-state index in [1.54, 1.807) is 0 Å². The Balaban J connectivity index is 1.30. The number of nitrogens with zero attached hydrogens (tertiary/aromatic N) is 2. The van der Waals surface area contributed by atoms with Gasteiger partial charge >= 0.3 is 0 Å². The molecule has 1 aliphatic heterocycles. The molecule has 1 atom stereocenters. The lowest BCUT2D eigenvalue weighted by molar-refractivity contribution is -0.120. The molecule has 1 fully saturated rings. The third-order valence-corrected chi connectivity index (χ3v) is 6.68. The highest BCUT2D eigenvalue weighted by Gasteiger charge is 2.23. The Bertz CT molecular complexity index is 1030. The summed E-state index contributed by atoms with van der Waals surface area (Å²) in [6, 6.07) is 15.8. The lowest BCUT2D eigenvalue weighted by atomic mass is 10.0. The Kier molecular flexibility index (Phi) is 8.34. The number of ether oxygens (including phenoxy) is 2. The molecule has 0 bridgehead atoms. The van der Waals surface area contributed by atoms with Crippen molar-refractivity contribution in [3.63, 3.8) is 0 Å². The highest BCUT2D eigenvalue weighted by molar-refractivity contribution is 7.09. The van der Waals surface area contributed by atoms with Crippen LogP contribution in [0, 0.1) is 6.92 Å². The maximum absolute atomic E-state index is 12.7. The first-order chi connectivity index (χ1) is 16.1. The summed E-state index contributed by atoms with van der Waals surface area (Å²) in [7, 11) is 0. The normalized spacial score (nSPS) is 15.2. The molecular weight excluding hydrogens is 458 g/mol. The van der Waals surface area contributed by atoms with E-state index in [1.165, 1.54) is 16.9 Å². The lowest BCUT2D eigenvalue weighted by Crippen LogP contribution is -2.44. The Morgan fingerprint density at radius 3 is 2.64 bits per heavy atom. The number of benzene rings is 2. The minimum absolute atomic E-state index is 0.0430. The van der Waals surface area contributed by atoms with Crippen LogP contribution in [0.15, 0.2) is 53.9 Å². The molecule has 8 heteroatoms. The minimum Gasteiger partial charge on any atom is -0.486 e. The number of aryl methyl sites for hydroxylation is 1. The second kappa shape index (κ2) is 11.6. The zero-order valence-corrected chi connectivity index (χ0v) is 20.2. The van der Waals surface area contributed by atoms with Crippen LogP contribution >= 0.6 is 22.9 Å². The van der Waals surface area contributed by atoms with Gasteiger partial charge in [-0.2, -0.15) is 0 Å². The summed E-state index contributed by atoms with van der Waals surface area (Å²) >= 11 is 7.58. The maximum Gasteiger partial charge on any atom is 0.226 e. The van der Waals surface area contributed by atoms with E-state index in [1.807, 2.05) is 60.8 Å². The number of aromatic nitrogens is 1. The van der Waals surface area contributed by atoms with E-state index in [0.29, 0.717) is 31.4 Å². The van der Waals surface area contributed by atoms with Gasteiger partial charge < -0.3 is 14.8 Å². The number of hydrogen-bond donors (Lipinski definition) is 1. The van der Waals surface area contributed by atoms with Crippen LogP contribution in [0.25, 0.3) is 0 Å². The molecule has 0 saturated carbocycles. The van der Waals surface area contributed by atoms with Gasteiger partial charge in [0, 0.05) is 30.0 Å². The molecule has 1 N–H and O–H groups in total. The predicted octanol–water partition coefficient (Wildman–Crippen LogP) is 4.42. The summed E-state index contributed by atoms with van der Waals surface area (Å²) in [6.07, 6.45) is 0.248. The summed E-state index contributed by atoms with van der Waals surface area (Å²) in [4.78, 5) is 19.6. The molecule has 1 saturated heterocycles. The Hall–Kier alpha value is -2.45. The lowest BCUT2D eigenvalue weighted by Gasteiger charge is -2.35. The van der Waals surface area contributed by atoms with Crippen LogP contribution in [0.4, 0.5) is 0 Å². The number of rotatable bonds is 9. The van der Waals surface area contributed by atoms with Crippen LogP contribution in [0.1, 0.15) is 27.9 Å². The molecule has 0 spiro atoms. The molecule has 0 radical (unpaired) electrons. The first-order valence-corrected chi connectivity index (χ1v) is 12.3. The van der Waals surface area contributed by atoms with Crippen molar-refractivity contribution in [1.82, 2.24) is 15.2 Å². The molecule has 33 heavy (non-hydrogen) atoms.